The molecule has 2 N–H and O–H groups in total. The molecule has 3 rings (SSSR count). The quantitative estimate of drug-likeness (QED) is 0.887. The summed E-state index contributed by atoms with van der Waals surface area (Å²) in [7, 11) is 0. The second kappa shape index (κ2) is 7.77. The Hall–Kier alpha value is -1.92. The van der Waals surface area contributed by atoms with Gasteiger partial charge in [0, 0.05) is 23.7 Å². The molecule has 1 fully saturated rings. The minimum atomic E-state index is -0.144. The number of ether oxygens (including phenoxy) is 1. The Kier molecular flexibility index (Phi) is 5.48. The number of benzene rings is 1. The van der Waals surface area contributed by atoms with E-state index in [9.17, 15) is 4.79 Å². The molecule has 2 aromatic rings. The van der Waals surface area contributed by atoms with Crippen LogP contribution >= 0.6 is 11.3 Å². The first kappa shape index (κ1) is 16.9. The standard InChI is InChI=1S/C18H23N3O2S/c1-12-11-19-17(24-12)13(2)20-18(22)21-15-8-9-23-16(10-15)14-6-4-3-5-7-14/h3-7,11,13,15-16H,8-10H2,1-2H3,(H2,20,21,22)/t13-,15+,16+/m0/s1. The number of aromatic nitrogens is 1. The van der Waals surface area contributed by atoms with Crippen molar-refractivity contribution in [2.45, 2.75) is 44.9 Å². The van der Waals surface area contributed by atoms with Gasteiger partial charge >= 0.3 is 6.03 Å². The van der Waals surface area contributed by atoms with E-state index in [1.165, 1.54) is 0 Å². The molecule has 1 aromatic carbocycles. The molecule has 0 spiro atoms. The van der Waals surface area contributed by atoms with E-state index in [0.717, 1.165) is 28.3 Å². The molecule has 0 unspecified atom stereocenters. The molecule has 2 amide bonds. The van der Waals surface area contributed by atoms with Crippen molar-refractivity contribution in [3.05, 3.63) is 52.0 Å². The maximum atomic E-state index is 12.3. The zero-order valence-electron chi connectivity index (χ0n) is 14.0. The average Bonchev–Trinajstić information content (AvgIpc) is 3.02. The third kappa shape index (κ3) is 4.33. The number of hydrogen-bond donors (Lipinski definition) is 2. The molecule has 0 radical (unpaired) electrons. The molecule has 0 aliphatic carbocycles. The highest BCUT2D eigenvalue weighted by molar-refractivity contribution is 7.11. The van der Waals surface area contributed by atoms with Crippen LogP contribution in [0.25, 0.3) is 0 Å². The highest BCUT2D eigenvalue weighted by atomic mass is 32.1. The molecule has 6 heteroatoms. The van der Waals surface area contributed by atoms with Gasteiger partial charge in [0.05, 0.1) is 12.1 Å². The highest BCUT2D eigenvalue weighted by Gasteiger charge is 2.25. The van der Waals surface area contributed by atoms with Crippen LogP contribution in [0.2, 0.25) is 0 Å². The van der Waals surface area contributed by atoms with Gasteiger partial charge in [0.2, 0.25) is 0 Å². The van der Waals surface area contributed by atoms with Gasteiger partial charge in [-0.2, -0.15) is 0 Å². The van der Waals surface area contributed by atoms with Crippen LogP contribution in [0, 0.1) is 6.92 Å². The maximum absolute atomic E-state index is 12.3. The van der Waals surface area contributed by atoms with Gasteiger partial charge in [-0.1, -0.05) is 30.3 Å². The number of thiazole rings is 1. The zero-order chi connectivity index (χ0) is 16.9. The number of carbonyl (C=O) groups is 1. The largest absolute Gasteiger partial charge is 0.373 e. The third-order valence-corrected chi connectivity index (χ3v) is 5.24. The van der Waals surface area contributed by atoms with E-state index in [0.29, 0.717) is 6.61 Å². The number of carbonyl (C=O) groups excluding carboxylic acids is 1. The maximum Gasteiger partial charge on any atom is 0.315 e. The summed E-state index contributed by atoms with van der Waals surface area (Å²) in [4.78, 5) is 17.7. The van der Waals surface area contributed by atoms with E-state index in [2.05, 4.69) is 27.8 Å². The van der Waals surface area contributed by atoms with Crippen molar-refractivity contribution < 1.29 is 9.53 Å². The number of rotatable bonds is 4. The molecule has 24 heavy (non-hydrogen) atoms. The van der Waals surface area contributed by atoms with Gasteiger partial charge in [0.15, 0.2) is 0 Å². The Bertz CT molecular complexity index is 674. The van der Waals surface area contributed by atoms with Gasteiger partial charge in [-0.15, -0.1) is 11.3 Å². The molecule has 0 saturated carbocycles. The molecule has 0 bridgehead atoms. The van der Waals surface area contributed by atoms with Crippen LogP contribution < -0.4 is 10.6 Å². The number of aryl methyl sites for hydroxylation is 1. The highest BCUT2D eigenvalue weighted by Crippen LogP contribution is 2.28. The average molecular weight is 345 g/mol. The fraction of sp³-hybridized carbons (Fsp3) is 0.444. The lowest BCUT2D eigenvalue weighted by Crippen LogP contribution is -2.45. The van der Waals surface area contributed by atoms with Crippen molar-refractivity contribution in [2.24, 2.45) is 0 Å². The Morgan fingerprint density at radius 3 is 2.88 bits per heavy atom. The molecule has 1 aromatic heterocycles. The molecule has 1 saturated heterocycles. The molecule has 128 valence electrons. The lowest BCUT2D eigenvalue weighted by atomic mass is 9.97. The first-order chi connectivity index (χ1) is 11.6. The van der Waals surface area contributed by atoms with E-state index >= 15 is 0 Å². The first-order valence-corrected chi connectivity index (χ1v) is 9.09. The molecule has 5 nitrogen and oxygen atoms in total. The molecule has 2 heterocycles. The van der Waals surface area contributed by atoms with E-state index in [4.69, 9.17) is 4.74 Å². The van der Waals surface area contributed by atoms with E-state index in [-0.39, 0.29) is 24.2 Å². The van der Waals surface area contributed by atoms with Crippen LogP contribution in [0.3, 0.4) is 0 Å². The predicted molar refractivity (Wildman–Crippen MR) is 95.1 cm³/mol. The molecule has 1 aliphatic heterocycles. The Balaban J connectivity index is 1.52. The van der Waals surface area contributed by atoms with E-state index in [1.807, 2.05) is 38.2 Å². The summed E-state index contributed by atoms with van der Waals surface area (Å²) >= 11 is 1.61. The summed E-state index contributed by atoms with van der Waals surface area (Å²) in [5.41, 5.74) is 1.16. The minimum Gasteiger partial charge on any atom is -0.373 e. The summed E-state index contributed by atoms with van der Waals surface area (Å²) in [5, 5.41) is 6.97. The van der Waals surface area contributed by atoms with Crippen LogP contribution in [0.4, 0.5) is 4.79 Å². The summed E-state index contributed by atoms with van der Waals surface area (Å²) in [5.74, 6) is 0. The van der Waals surface area contributed by atoms with Crippen LogP contribution in [0.5, 0.6) is 0 Å². The number of nitrogens with one attached hydrogen (secondary N) is 2. The third-order valence-electron chi connectivity index (χ3n) is 4.15. The van der Waals surface area contributed by atoms with Crippen molar-refractivity contribution >= 4 is 17.4 Å². The van der Waals surface area contributed by atoms with Crippen molar-refractivity contribution in [3.63, 3.8) is 0 Å². The summed E-state index contributed by atoms with van der Waals surface area (Å²) in [6.45, 7) is 4.63. The Morgan fingerprint density at radius 2 is 2.17 bits per heavy atom. The first-order valence-electron chi connectivity index (χ1n) is 8.27. The van der Waals surface area contributed by atoms with Crippen LogP contribution in [-0.2, 0) is 4.74 Å². The van der Waals surface area contributed by atoms with Gasteiger partial charge in [-0.05, 0) is 32.3 Å². The SMILES string of the molecule is Cc1cnc([C@H](C)NC(=O)N[C@@H]2CCO[C@@H](c3ccccc3)C2)s1. The van der Waals surface area contributed by atoms with Crippen LogP contribution in [0.1, 0.15) is 47.4 Å². The van der Waals surface area contributed by atoms with Gasteiger partial charge in [0.25, 0.3) is 0 Å². The topological polar surface area (TPSA) is 63.2 Å². The fourth-order valence-corrected chi connectivity index (χ4v) is 3.66. The van der Waals surface area contributed by atoms with E-state index < -0.39 is 0 Å². The molecular weight excluding hydrogens is 322 g/mol. The number of amides is 2. The molecular formula is C18H23N3O2S. The van der Waals surface area contributed by atoms with E-state index in [1.54, 1.807) is 11.3 Å². The Morgan fingerprint density at radius 1 is 1.38 bits per heavy atom. The van der Waals surface area contributed by atoms with Gasteiger partial charge in [-0.3, -0.25) is 0 Å². The van der Waals surface area contributed by atoms with Crippen LogP contribution in [-0.4, -0.2) is 23.7 Å². The second-order valence-corrected chi connectivity index (χ2v) is 7.41. The number of nitrogens with zero attached hydrogens (tertiary/aromatic N) is 1. The monoisotopic (exact) mass is 345 g/mol. The van der Waals surface area contributed by atoms with Gasteiger partial charge in [-0.25, -0.2) is 9.78 Å². The van der Waals surface area contributed by atoms with Gasteiger partial charge < -0.3 is 15.4 Å². The van der Waals surface area contributed by atoms with Crippen LogP contribution in [0.15, 0.2) is 36.5 Å². The smallest absolute Gasteiger partial charge is 0.315 e. The normalized spacial score (nSPS) is 21.9. The van der Waals surface area contributed by atoms with Crippen molar-refractivity contribution in [2.75, 3.05) is 6.61 Å². The minimum absolute atomic E-state index is 0.0456. The summed E-state index contributed by atoms with van der Waals surface area (Å²) in [6, 6.07) is 10.0. The zero-order valence-corrected chi connectivity index (χ0v) is 14.8. The summed E-state index contributed by atoms with van der Waals surface area (Å²) in [6.07, 6.45) is 3.51. The molecule has 1 aliphatic rings. The lowest BCUT2D eigenvalue weighted by molar-refractivity contribution is 0.00222. The second-order valence-electron chi connectivity index (χ2n) is 6.14. The molecule has 3 atom stereocenters. The van der Waals surface area contributed by atoms with Crippen molar-refractivity contribution in [1.82, 2.24) is 15.6 Å². The van der Waals surface area contributed by atoms with Crippen molar-refractivity contribution in [3.8, 4) is 0 Å². The predicted octanol–water partition coefficient (Wildman–Crippen LogP) is 3.73. The van der Waals surface area contributed by atoms with Crippen molar-refractivity contribution in [1.29, 1.82) is 0 Å². The number of urea groups is 1. The lowest BCUT2D eigenvalue weighted by Gasteiger charge is -2.30. The number of hydrogen-bond acceptors (Lipinski definition) is 4. The Labute approximate surface area is 146 Å². The summed E-state index contributed by atoms with van der Waals surface area (Å²) < 4.78 is 5.85. The van der Waals surface area contributed by atoms with Gasteiger partial charge in [0.1, 0.15) is 5.01 Å². The fourth-order valence-electron chi connectivity index (χ4n) is 2.89.